The number of anilines is 1. The van der Waals surface area contributed by atoms with E-state index in [4.69, 9.17) is 9.72 Å². The monoisotopic (exact) mass is 416 g/mol. The maximum Gasteiger partial charge on any atom is 0.229 e. The van der Waals surface area contributed by atoms with E-state index in [1.807, 2.05) is 41.3 Å². The summed E-state index contributed by atoms with van der Waals surface area (Å²) in [7, 11) is 5.83. The summed E-state index contributed by atoms with van der Waals surface area (Å²) in [4.78, 5) is 22.1. The summed E-state index contributed by atoms with van der Waals surface area (Å²) < 4.78 is 6.46. The molecule has 0 aliphatic rings. The molecule has 0 radical (unpaired) electrons. The first kappa shape index (κ1) is 20.6. The standard InChI is InChI=1S/C21H25N3O2S2/c1-23(2)13-14-24(19(25)12-15-27-16-8-5-4-6-9-16)21-22-20-17(26-3)10-7-11-18(20)28-21/h4-11H,12-15H2,1-3H3/p+1. The van der Waals surface area contributed by atoms with Crippen molar-refractivity contribution >= 4 is 44.4 Å². The molecule has 0 spiro atoms. The summed E-state index contributed by atoms with van der Waals surface area (Å²) in [5.41, 5.74) is 0.818. The van der Waals surface area contributed by atoms with Gasteiger partial charge < -0.3 is 9.64 Å². The number of para-hydroxylation sites is 1. The van der Waals surface area contributed by atoms with Gasteiger partial charge in [-0.05, 0) is 24.3 Å². The van der Waals surface area contributed by atoms with Gasteiger partial charge in [0.1, 0.15) is 11.3 Å². The molecule has 0 fully saturated rings. The van der Waals surface area contributed by atoms with Gasteiger partial charge in [0.2, 0.25) is 5.91 Å². The predicted molar refractivity (Wildman–Crippen MR) is 118 cm³/mol. The number of carbonyl (C=O) groups excluding carboxylic acids is 1. The number of hydrogen-bond acceptors (Lipinski definition) is 5. The molecular weight excluding hydrogens is 390 g/mol. The van der Waals surface area contributed by atoms with Gasteiger partial charge in [-0.3, -0.25) is 9.69 Å². The minimum atomic E-state index is 0.114. The first-order valence-electron chi connectivity index (χ1n) is 9.29. The third-order valence-electron chi connectivity index (χ3n) is 4.29. The molecule has 1 N–H and O–H groups in total. The van der Waals surface area contributed by atoms with E-state index in [0.717, 1.165) is 33.4 Å². The maximum atomic E-state index is 13.0. The lowest BCUT2D eigenvalue weighted by molar-refractivity contribution is -0.856. The summed E-state index contributed by atoms with van der Waals surface area (Å²) in [5, 5.41) is 0.746. The number of benzene rings is 2. The van der Waals surface area contributed by atoms with E-state index in [0.29, 0.717) is 13.0 Å². The lowest BCUT2D eigenvalue weighted by Crippen LogP contribution is -3.06. The van der Waals surface area contributed by atoms with Crippen molar-refractivity contribution in [2.45, 2.75) is 11.3 Å². The molecular formula is C21H26N3O2S2+. The molecule has 0 unspecified atom stereocenters. The number of thioether (sulfide) groups is 1. The van der Waals surface area contributed by atoms with Crippen LogP contribution in [-0.4, -0.2) is 50.9 Å². The van der Waals surface area contributed by atoms with Crippen molar-refractivity contribution < 1.29 is 14.4 Å². The second kappa shape index (κ2) is 9.91. The van der Waals surface area contributed by atoms with Gasteiger partial charge in [0.25, 0.3) is 0 Å². The molecule has 1 heterocycles. The number of fused-ring (bicyclic) bond motifs is 1. The minimum Gasteiger partial charge on any atom is -0.494 e. The number of thiazole rings is 1. The Morgan fingerprint density at radius 3 is 2.68 bits per heavy atom. The Kier molecular flexibility index (Phi) is 7.30. The van der Waals surface area contributed by atoms with Gasteiger partial charge in [-0.25, -0.2) is 4.98 Å². The van der Waals surface area contributed by atoms with Crippen LogP contribution in [0.15, 0.2) is 53.4 Å². The summed E-state index contributed by atoms with van der Waals surface area (Å²) >= 11 is 3.25. The summed E-state index contributed by atoms with van der Waals surface area (Å²) in [6.45, 7) is 1.52. The lowest BCUT2D eigenvalue weighted by Gasteiger charge is -2.20. The zero-order valence-corrected chi connectivity index (χ0v) is 18.1. The van der Waals surface area contributed by atoms with Crippen LogP contribution in [-0.2, 0) is 4.79 Å². The van der Waals surface area contributed by atoms with Gasteiger partial charge >= 0.3 is 0 Å². The molecule has 1 amide bonds. The normalized spacial score (nSPS) is 11.1. The topological polar surface area (TPSA) is 46.9 Å². The Labute approximate surface area is 174 Å². The zero-order chi connectivity index (χ0) is 19.9. The summed E-state index contributed by atoms with van der Waals surface area (Å²) in [6.07, 6.45) is 0.482. The molecule has 0 aliphatic heterocycles. The summed E-state index contributed by atoms with van der Waals surface area (Å²) in [6, 6.07) is 16.1. The van der Waals surface area contributed by atoms with Gasteiger partial charge in [-0.2, -0.15) is 0 Å². The van der Waals surface area contributed by atoms with Crippen molar-refractivity contribution in [2.24, 2.45) is 0 Å². The van der Waals surface area contributed by atoms with Gasteiger partial charge in [0.05, 0.1) is 39.0 Å². The van der Waals surface area contributed by atoms with Crippen LogP contribution >= 0.6 is 23.1 Å². The second-order valence-corrected chi connectivity index (χ2v) is 8.89. The fourth-order valence-corrected chi connectivity index (χ4v) is 4.65. The fourth-order valence-electron chi connectivity index (χ4n) is 2.76. The highest BCUT2D eigenvalue weighted by Crippen LogP contribution is 2.34. The number of ether oxygens (including phenoxy) is 1. The molecule has 28 heavy (non-hydrogen) atoms. The molecule has 0 atom stereocenters. The van der Waals surface area contributed by atoms with E-state index in [2.05, 4.69) is 26.2 Å². The smallest absolute Gasteiger partial charge is 0.229 e. The first-order chi connectivity index (χ1) is 13.6. The highest BCUT2D eigenvalue weighted by atomic mass is 32.2. The Hall–Kier alpha value is -2.09. The SMILES string of the molecule is COc1cccc2sc(N(CC[NH+](C)C)C(=O)CCSc3ccccc3)nc12. The molecule has 0 bridgehead atoms. The van der Waals surface area contributed by atoms with Gasteiger partial charge in [-0.1, -0.05) is 35.6 Å². The van der Waals surface area contributed by atoms with Crippen molar-refractivity contribution in [1.29, 1.82) is 0 Å². The van der Waals surface area contributed by atoms with Crippen LogP contribution in [0.4, 0.5) is 5.13 Å². The van der Waals surface area contributed by atoms with Crippen molar-refractivity contribution in [3.8, 4) is 5.75 Å². The van der Waals surface area contributed by atoms with Crippen LogP contribution in [0.2, 0.25) is 0 Å². The molecule has 1 aromatic heterocycles. The predicted octanol–water partition coefficient (Wildman–Crippen LogP) is 2.96. The molecule has 7 heteroatoms. The average molecular weight is 417 g/mol. The van der Waals surface area contributed by atoms with Crippen LogP contribution in [0, 0.1) is 0 Å². The Bertz CT molecular complexity index is 912. The third-order valence-corrected chi connectivity index (χ3v) is 6.34. The minimum absolute atomic E-state index is 0.114. The number of likely N-dealkylation sites (N-methyl/N-ethyl adjacent to an activating group) is 1. The van der Waals surface area contributed by atoms with E-state index in [1.54, 1.807) is 30.2 Å². The molecule has 3 aromatic rings. The number of rotatable bonds is 9. The number of nitrogens with one attached hydrogen (secondary N) is 1. The molecule has 2 aromatic carbocycles. The van der Waals surface area contributed by atoms with Crippen LogP contribution in [0.25, 0.3) is 10.2 Å². The number of hydrogen-bond donors (Lipinski definition) is 1. The van der Waals surface area contributed by atoms with Crippen LogP contribution in [0.3, 0.4) is 0 Å². The second-order valence-electron chi connectivity index (χ2n) is 6.72. The van der Waals surface area contributed by atoms with Gasteiger partial charge in [-0.15, -0.1) is 11.8 Å². The number of aromatic nitrogens is 1. The zero-order valence-electron chi connectivity index (χ0n) is 16.5. The van der Waals surface area contributed by atoms with Crippen molar-refractivity contribution in [1.82, 2.24) is 4.98 Å². The van der Waals surface area contributed by atoms with Crippen molar-refractivity contribution in [2.75, 3.05) is 44.9 Å². The van der Waals surface area contributed by atoms with Crippen LogP contribution in [0.1, 0.15) is 6.42 Å². The lowest BCUT2D eigenvalue weighted by atomic mass is 10.3. The molecule has 5 nitrogen and oxygen atoms in total. The Morgan fingerprint density at radius 1 is 1.18 bits per heavy atom. The highest BCUT2D eigenvalue weighted by Gasteiger charge is 2.21. The van der Waals surface area contributed by atoms with Crippen LogP contribution < -0.4 is 14.5 Å². The molecule has 0 saturated heterocycles. The van der Waals surface area contributed by atoms with Crippen molar-refractivity contribution in [3.63, 3.8) is 0 Å². The first-order valence-corrected chi connectivity index (χ1v) is 11.1. The summed E-state index contributed by atoms with van der Waals surface area (Å²) in [5.74, 6) is 1.61. The fraction of sp³-hybridized carbons (Fsp3) is 0.333. The maximum absolute atomic E-state index is 13.0. The largest absolute Gasteiger partial charge is 0.494 e. The molecule has 0 saturated carbocycles. The van der Waals surface area contributed by atoms with E-state index in [9.17, 15) is 4.79 Å². The highest BCUT2D eigenvalue weighted by molar-refractivity contribution is 7.99. The van der Waals surface area contributed by atoms with Crippen molar-refractivity contribution in [3.05, 3.63) is 48.5 Å². The van der Waals surface area contributed by atoms with E-state index in [1.165, 1.54) is 9.80 Å². The van der Waals surface area contributed by atoms with Crippen LogP contribution in [0.5, 0.6) is 5.75 Å². The van der Waals surface area contributed by atoms with E-state index in [-0.39, 0.29) is 5.91 Å². The third kappa shape index (κ3) is 5.25. The van der Waals surface area contributed by atoms with Gasteiger partial charge in [0, 0.05) is 17.1 Å². The molecule has 148 valence electrons. The Balaban J connectivity index is 1.75. The number of amides is 1. The van der Waals surface area contributed by atoms with E-state index < -0.39 is 0 Å². The average Bonchev–Trinajstić information content (AvgIpc) is 3.12. The number of nitrogens with zero attached hydrogens (tertiary/aromatic N) is 2. The van der Waals surface area contributed by atoms with Gasteiger partial charge in [0.15, 0.2) is 5.13 Å². The Morgan fingerprint density at radius 2 is 1.96 bits per heavy atom. The quantitative estimate of drug-likeness (QED) is 0.545. The molecule has 3 rings (SSSR count). The van der Waals surface area contributed by atoms with E-state index >= 15 is 0 Å². The number of methoxy groups -OCH3 is 1. The number of quaternary nitrogens is 1. The number of carbonyl (C=O) groups is 1. The molecule has 0 aliphatic carbocycles.